The van der Waals surface area contributed by atoms with Crippen LogP contribution in [0.3, 0.4) is 0 Å². The first-order valence-electron chi connectivity index (χ1n) is 8.15. The number of benzene rings is 1. The van der Waals surface area contributed by atoms with Crippen LogP contribution in [0.4, 0.5) is 4.79 Å². The van der Waals surface area contributed by atoms with Crippen LogP contribution in [0.25, 0.3) is 10.9 Å². The van der Waals surface area contributed by atoms with Crippen molar-refractivity contribution in [2.24, 2.45) is 0 Å². The molecule has 0 unspecified atom stereocenters. The Morgan fingerprint density at radius 2 is 1.92 bits per heavy atom. The van der Waals surface area contributed by atoms with Crippen LogP contribution >= 0.6 is 0 Å². The Morgan fingerprint density at radius 3 is 2.67 bits per heavy atom. The van der Waals surface area contributed by atoms with Crippen LogP contribution in [-0.4, -0.2) is 33.6 Å². The highest BCUT2D eigenvalue weighted by Crippen LogP contribution is 2.23. The predicted molar refractivity (Wildman–Crippen MR) is 93.0 cm³/mol. The number of allylic oxidation sites excluding steroid dienone is 1. The van der Waals surface area contributed by atoms with Gasteiger partial charge in [-0.3, -0.25) is 4.79 Å². The van der Waals surface area contributed by atoms with E-state index >= 15 is 0 Å². The molecule has 0 saturated heterocycles. The maximum absolute atomic E-state index is 13.0. The Kier molecular flexibility index (Phi) is 4.18. The summed E-state index contributed by atoms with van der Waals surface area (Å²) in [7, 11) is 0. The van der Waals surface area contributed by atoms with Crippen LogP contribution in [0, 0.1) is 0 Å². The van der Waals surface area contributed by atoms with E-state index in [0.29, 0.717) is 25.2 Å². The van der Waals surface area contributed by atoms with Crippen molar-refractivity contribution in [1.82, 2.24) is 9.47 Å². The van der Waals surface area contributed by atoms with Crippen LogP contribution in [0.15, 0.2) is 42.5 Å². The minimum atomic E-state index is -0.641. The number of carbonyl (C=O) groups excluding carboxylic acids is 2. The van der Waals surface area contributed by atoms with Crippen molar-refractivity contribution in [3.05, 3.63) is 48.2 Å². The largest absolute Gasteiger partial charge is 0.443 e. The Labute approximate surface area is 141 Å². The molecule has 0 radical (unpaired) electrons. The number of fused-ring (bicyclic) bond motifs is 3. The molecule has 2 heterocycles. The Hall–Kier alpha value is -2.56. The normalized spacial score (nSPS) is 17.0. The fourth-order valence-corrected chi connectivity index (χ4v) is 2.82. The van der Waals surface area contributed by atoms with Crippen LogP contribution < -0.4 is 0 Å². The Bertz CT molecular complexity index is 812. The molecule has 1 aliphatic rings. The summed E-state index contributed by atoms with van der Waals surface area (Å²) >= 11 is 0. The number of imide groups is 1. The molecule has 0 N–H and O–H groups in total. The molecule has 1 aromatic heterocycles. The summed E-state index contributed by atoms with van der Waals surface area (Å²) in [6.07, 6.45) is 4.05. The third-order valence-electron chi connectivity index (χ3n) is 3.86. The van der Waals surface area contributed by atoms with Crippen molar-refractivity contribution in [1.29, 1.82) is 0 Å². The monoisotopic (exact) mass is 326 g/mol. The van der Waals surface area contributed by atoms with Crippen molar-refractivity contribution in [3.8, 4) is 0 Å². The molecule has 2 amide bonds. The van der Waals surface area contributed by atoms with E-state index < -0.39 is 11.7 Å². The average Bonchev–Trinajstić information content (AvgIpc) is 2.89. The average molecular weight is 326 g/mol. The molecule has 0 spiro atoms. The van der Waals surface area contributed by atoms with E-state index in [2.05, 4.69) is 0 Å². The molecular weight excluding hydrogens is 304 g/mol. The number of para-hydroxylation sites is 1. The third-order valence-corrected chi connectivity index (χ3v) is 3.86. The minimum absolute atomic E-state index is 0.311. The highest BCUT2D eigenvalue weighted by Gasteiger charge is 2.30. The summed E-state index contributed by atoms with van der Waals surface area (Å²) < 4.78 is 7.35. The Morgan fingerprint density at radius 1 is 1.17 bits per heavy atom. The molecule has 126 valence electrons. The van der Waals surface area contributed by atoms with Gasteiger partial charge >= 0.3 is 6.09 Å². The molecule has 24 heavy (non-hydrogen) atoms. The standard InChI is InChI=1S/C19H22N2O3/c1-19(2,3)24-18(23)21-12-8-4-7-11-20-15-10-6-5-9-14(15)13-16(20)17(21)22/h4-7,9-10,13H,8,11-12H2,1-3H3/b7-4-. The molecule has 3 rings (SSSR count). The second-order valence-corrected chi connectivity index (χ2v) is 6.90. The molecule has 5 nitrogen and oxygen atoms in total. The second kappa shape index (κ2) is 6.15. The van der Waals surface area contributed by atoms with E-state index in [0.717, 1.165) is 10.9 Å². The van der Waals surface area contributed by atoms with Gasteiger partial charge in [-0.1, -0.05) is 30.4 Å². The lowest BCUT2D eigenvalue weighted by Gasteiger charge is -2.26. The van der Waals surface area contributed by atoms with Gasteiger partial charge in [-0.2, -0.15) is 0 Å². The van der Waals surface area contributed by atoms with E-state index in [1.54, 1.807) is 20.8 Å². The zero-order valence-corrected chi connectivity index (χ0v) is 14.3. The van der Waals surface area contributed by atoms with Crippen molar-refractivity contribution >= 4 is 22.9 Å². The molecular formula is C19H22N2O3. The first-order valence-corrected chi connectivity index (χ1v) is 8.15. The minimum Gasteiger partial charge on any atom is -0.443 e. The zero-order chi connectivity index (χ0) is 17.3. The quantitative estimate of drug-likeness (QED) is 0.688. The van der Waals surface area contributed by atoms with Gasteiger partial charge in [-0.25, -0.2) is 9.69 Å². The topological polar surface area (TPSA) is 51.5 Å². The van der Waals surface area contributed by atoms with Crippen molar-refractivity contribution in [3.63, 3.8) is 0 Å². The first kappa shape index (κ1) is 16.3. The van der Waals surface area contributed by atoms with Crippen LogP contribution in [0.2, 0.25) is 0 Å². The number of aromatic nitrogens is 1. The summed E-state index contributed by atoms with van der Waals surface area (Å²) in [5.41, 5.74) is 0.850. The zero-order valence-electron chi connectivity index (χ0n) is 14.3. The lowest BCUT2D eigenvalue weighted by Crippen LogP contribution is -2.41. The molecule has 0 fully saturated rings. The van der Waals surface area contributed by atoms with Gasteiger partial charge < -0.3 is 9.30 Å². The number of hydrogen-bond acceptors (Lipinski definition) is 3. The van der Waals surface area contributed by atoms with E-state index in [4.69, 9.17) is 4.74 Å². The number of hydrogen-bond donors (Lipinski definition) is 0. The van der Waals surface area contributed by atoms with Gasteiger partial charge in [0.2, 0.25) is 0 Å². The molecule has 1 aromatic carbocycles. The first-order chi connectivity index (χ1) is 11.4. The van der Waals surface area contributed by atoms with Crippen LogP contribution in [0.1, 0.15) is 37.7 Å². The number of carbonyl (C=O) groups is 2. The lowest BCUT2D eigenvalue weighted by atomic mass is 10.2. The molecule has 1 aliphatic heterocycles. The smallest absolute Gasteiger partial charge is 0.417 e. The van der Waals surface area contributed by atoms with Crippen molar-refractivity contribution in [2.75, 3.05) is 6.54 Å². The number of nitrogens with zero attached hydrogens (tertiary/aromatic N) is 2. The second-order valence-electron chi connectivity index (χ2n) is 6.90. The highest BCUT2D eigenvalue weighted by molar-refractivity contribution is 6.05. The van der Waals surface area contributed by atoms with Gasteiger partial charge in [0, 0.05) is 24.0 Å². The number of rotatable bonds is 0. The van der Waals surface area contributed by atoms with Crippen molar-refractivity contribution < 1.29 is 14.3 Å². The lowest BCUT2D eigenvalue weighted by molar-refractivity contribution is 0.0242. The summed E-state index contributed by atoms with van der Waals surface area (Å²) in [6, 6.07) is 9.68. The summed E-state index contributed by atoms with van der Waals surface area (Å²) in [4.78, 5) is 26.7. The third kappa shape index (κ3) is 3.20. The fraction of sp³-hybridized carbons (Fsp3) is 0.368. The van der Waals surface area contributed by atoms with Crippen LogP contribution in [0.5, 0.6) is 0 Å². The number of amides is 2. The molecule has 2 aromatic rings. The molecule has 5 heteroatoms. The summed E-state index contributed by atoms with van der Waals surface area (Å²) in [6.45, 7) is 6.30. The fourth-order valence-electron chi connectivity index (χ4n) is 2.82. The van der Waals surface area contributed by atoms with Gasteiger partial charge in [0.05, 0.1) is 0 Å². The van der Waals surface area contributed by atoms with Gasteiger partial charge in [-0.15, -0.1) is 0 Å². The van der Waals surface area contributed by atoms with E-state index in [1.165, 1.54) is 4.90 Å². The van der Waals surface area contributed by atoms with Crippen LogP contribution in [-0.2, 0) is 11.3 Å². The van der Waals surface area contributed by atoms with E-state index in [1.807, 2.05) is 47.1 Å². The van der Waals surface area contributed by atoms with E-state index in [9.17, 15) is 9.59 Å². The predicted octanol–water partition coefficient (Wildman–Crippen LogP) is 3.98. The van der Waals surface area contributed by atoms with Gasteiger partial charge in [0.1, 0.15) is 11.3 Å². The summed E-state index contributed by atoms with van der Waals surface area (Å²) in [5.74, 6) is -0.316. The van der Waals surface area contributed by atoms with Gasteiger partial charge in [0.25, 0.3) is 5.91 Å². The molecule has 0 bridgehead atoms. The van der Waals surface area contributed by atoms with Gasteiger partial charge in [0.15, 0.2) is 0 Å². The molecule has 0 atom stereocenters. The Balaban J connectivity index is 2.04. The highest BCUT2D eigenvalue weighted by atomic mass is 16.6. The summed E-state index contributed by atoms with van der Waals surface area (Å²) in [5, 5.41) is 0.985. The van der Waals surface area contributed by atoms with Crippen molar-refractivity contribution in [2.45, 2.75) is 39.3 Å². The maximum atomic E-state index is 13.0. The van der Waals surface area contributed by atoms with E-state index in [-0.39, 0.29) is 5.91 Å². The van der Waals surface area contributed by atoms with Gasteiger partial charge in [-0.05, 0) is 39.3 Å². The SMILES string of the molecule is CC(C)(C)OC(=O)N1CC/C=C\Cn2c(cc3ccccc32)C1=O. The molecule has 0 saturated carbocycles. The number of ether oxygens (including phenoxy) is 1. The molecule has 0 aliphatic carbocycles. The maximum Gasteiger partial charge on any atom is 0.417 e.